The largest absolute Gasteiger partial charge is 0.370 e. The Balaban J connectivity index is 2.15. The molecule has 1 aliphatic rings. The highest BCUT2D eigenvalue weighted by molar-refractivity contribution is 5.91. The molecule has 18 heavy (non-hydrogen) atoms. The topological polar surface area (TPSA) is 50.1 Å². The second-order valence-corrected chi connectivity index (χ2v) is 5.02. The Morgan fingerprint density at radius 1 is 1.33 bits per heavy atom. The van der Waals surface area contributed by atoms with Gasteiger partial charge in [-0.2, -0.15) is 0 Å². The summed E-state index contributed by atoms with van der Waals surface area (Å²) < 4.78 is 5.43. The van der Waals surface area contributed by atoms with E-state index in [1.54, 1.807) is 6.20 Å². The van der Waals surface area contributed by atoms with Crippen LogP contribution in [0.4, 0.5) is 0 Å². The summed E-state index contributed by atoms with van der Waals surface area (Å²) in [5, 5.41) is 11.6. The lowest BCUT2D eigenvalue weighted by atomic mass is 9.97. The molecule has 4 heteroatoms. The van der Waals surface area contributed by atoms with Crippen LogP contribution in [0.1, 0.15) is 37.8 Å². The molecule has 0 spiro atoms. The van der Waals surface area contributed by atoms with Crippen molar-refractivity contribution in [2.24, 2.45) is 0 Å². The molecule has 0 bridgehead atoms. The van der Waals surface area contributed by atoms with E-state index in [0.717, 1.165) is 22.2 Å². The fourth-order valence-corrected chi connectivity index (χ4v) is 2.37. The molecule has 1 aromatic carbocycles. The first-order valence-electron chi connectivity index (χ1n) is 6.27. The molecule has 0 saturated heterocycles. The Morgan fingerprint density at radius 2 is 2.17 bits per heavy atom. The van der Waals surface area contributed by atoms with Gasteiger partial charge in [-0.3, -0.25) is 0 Å². The van der Waals surface area contributed by atoms with E-state index in [-0.39, 0.29) is 6.17 Å². The van der Waals surface area contributed by atoms with Crippen LogP contribution >= 0.6 is 0 Å². The van der Waals surface area contributed by atoms with E-state index in [9.17, 15) is 0 Å². The minimum Gasteiger partial charge on any atom is -0.370 e. The highest BCUT2D eigenvalue weighted by Gasteiger charge is 2.18. The van der Waals surface area contributed by atoms with Gasteiger partial charge in [0, 0.05) is 17.1 Å². The van der Waals surface area contributed by atoms with Crippen LogP contribution in [0.5, 0.6) is 0 Å². The van der Waals surface area contributed by atoms with Crippen molar-refractivity contribution in [2.45, 2.75) is 32.9 Å². The maximum absolute atomic E-state index is 5.43. The third-order valence-electron chi connectivity index (χ3n) is 3.32. The van der Waals surface area contributed by atoms with E-state index < -0.39 is 0 Å². The van der Waals surface area contributed by atoms with Gasteiger partial charge in [-0.05, 0) is 24.5 Å². The molecule has 94 valence electrons. The maximum atomic E-state index is 5.43. The number of nitrogens with zero attached hydrogens (tertiary/aromatic N) is 1. The molecule has 0 amide bonds. The molecule has 1 aromatic heterocycles. The molecule has 0 fully saturated rings. The lowest BCUT2D eigenvalue weighted by Crippen LogP contribution is -2.27. The van der Waals surface area contributed by atoms with Crippen molar-refractivity contribution in [2.75, 3.05) is 0 Å². The third kappa shape index (κ3) is 1.65. The van der Waals surface area contributed by atoms with Crippen LogP contribution in [-0.2, 0) is 0 Å². The van der Waals surface area contributed by atoms with E-state index in [1.807, 2.05) is 6.20 Å². The maximum Gasteiger partial charge on any atom is 0.176 e. The number of hydrogen-bond donors (Lipinski definition) is 2. The smallest absolute Gasteiger partial charge is 0.176 e. The average Bonchev–Trinajstić information content (AvgIpc) is 2.95. The zero-order chi connectivity index (χ0) is 12.7. The molecule has 1 aliphatic heterocycles. The Morgan fingerprint density at radius 3 is 2.83 bits per heavy atom. The van der Waals surface area contributed by atoms with E-state index in [0.29, 0.717) is 5.92 Å². The summed E-state index contributed by atoms with van der Waals surface area (Å²) in [5.41, 5.74) is 4.24. The minimum absolute atomic E-state index is 0.253. The van der Waals surface area contributed by atoms with Crippen LogP contribution < -0.4 is 10.6 Å². The number of hydrogen-bond acceptors (Lipinski definition) is 4. The van der Waals surface area contributed by atoms with Crippen molar-refractivity contribution >= 4 is 16.7 Å². The Hall–Kier alpha value is -1.97. The lowest BCUT2D eigenvalue weighted by Gasteiger charge is -2.11. The molecule has 1 unspecified atom stereocenters. The summed E-state index contributed by atoms with van der Waals surface area (Å²) in [4.78, 5) is 0. The number of fused-ring (bicyclic) bond motifs is 1. The number of nitrogens with one attached hydrogen (secondary N) is 2. The predicted octanol–water partition coefficient (Wildman–Crippen LogP) is 2.79. The Kier molecular flexibility index (Phi) is 2.51. The summed E-state index contributed by atoms with van der Waals surface area (Å²) in [5.74, 6) is 0.462. The van der Waals surface area contributed by atoms with Gasteiger partial charge in [0.05, 0.1) is 18.1 Å². The molecule has 0 radical (unpaired) electrons. The van der Waals surface area contributed by atoms with Crippen molar-refractivity contribution in [3.05, 3.63) is 35.7 Å². The lowest BCUT2D eigenvalue weighted by molar-refractivity contribution is 0.455. The SMILES string of the molecule is CC1NC=C(c2ccc(C(C)C)c3cnoc23)N1. The standard InChI is InChI=1S/C14H17N3O/c1-8(2)10-4-5-11(13-7-15-9(3)17-13)14-12(10)6-16-18-14/h4-9,15,17H,1-3H3. The zero-order valence-electron chi connectivity index (χ0n) is 10.8. The van der Waals surface area contributed by atoms with Crippen molar-refractivity contribution in [3.8, 4) is 0 Å². The second-order valence-electron chi connectivity index (χ2n) is 5.02. The van der Waals surface area contributed by atoms with Gasteiger partial charge in [0.2, 0.25) is 0 Å². The van der Waals surface area contributed by atoms with Gasteiger partial charge in [-0.15, -0.1) is 0 Å². The van der Waals surface area contributed by atoms with Gasteiger partial charge in [-0.1, -0.05) is 25.1 Å². The molecular formula is C14H17N3O. The molecule has 2 N–H and O–H groups in total. The summed E-state index contributed by atoms with van der Waals surface area (Å²) in [7, 11) is 0. The zero-order valence-corrected chi connectivity index (χ0v) is 10.8. The molecule has 2 heterocycles. The first kappa shape index (κ1) is 11.1. The van der Waals surface area contributed by atoms with Crippen molar-refractivity contribution in [1.29, 1.82) is 0 Å². The summed E-state index contributed by atoms with van der Waals surface area (Å²) in [6.07, 6.45) is 4.04. The van der Waals surface area contributed by atoms with E-state index >= 15 is 0 Å². The van der Waals surface area contributed by atoms with E-state index in [2.05, 4.69) is 48.7 Å². The van der Waals surface area contributed by atoms with E-state index in [4.69, 9.17) is 4.52 Å². The highest BCUT2D eigenvalue weighted by Crippen LogP contribution is 2.31. The van der Waals surface area contributed by atoms with Crippen molar-refractivity contribution < 1.29 is 4.52 Å². The summed E-state index contributed by atoms with van der Waals surface area (Å²) >= 11 is 0. The molecule has 1 atom stereocenters. The quantitative estimate of drug-likeness (QED) is 0.851. The van der Waals surface area contributed by atoms with Gasteiger partial charge in [0.25, 0.3) is 0 Å². The predicted molar refractivity (Wildman–Crippen MR) is 71.8 cm³/mol. The number of aromatic nitrogens is 1. The van der Waals surface area contributed by atoms with Gasteiger partial charge in [-0.25, -0.2) is 0 Å². The number of rotatable bonds is 2. The third-order valence-corrected chi connectivity index (χ3v) is 3.32. The second kappa shape index (κ2) is 4.05. The summed E-state index contributed by atoms with van der Waals surface area (Å²) in [6.45, 7) is 6.43. The van der Waals surface area contributed by atoms with Gasteiger partial charge >= 0.3 is 0 Å². The average molecular weight is 243 g/mol. The fourth-order valence-electron chi connectivity index (χ4n) is 2.37. The Bertz CT molecular complexity index is 613. The van der Waals surface area contributed by atoms with Crippen molar-refractivity contribution in [3.63, 3.8) is 0 Å². The highest BCUT2D eigenvalue weighted by atomic mass is 16.5. The molecule has 4 nitrogen and oxygen atoms in total. The van der Waals surface area contributed by atoms with Crippen LogP contribution in [0.15, 0.2) is 29.1 Å². The van der Waals surface area contributed by atoms with Crippen LogP contribution in [0.2, 0.25) is 0 Å². The van der Waals surface area contributed by atoms with Crippen LogP contribution in [-0.4, -0.2) is 11.3 Å². The van der Waals surface area contributed by atoms with Crippen LogP contribution in [0, 0.1) is 0 Å². The van der Waals surface area contributed by atoms with Crippen molar-refractivity contribution in [1.82, 2.24) is 15.8 Å². The molecule has 0 saturated carbocycles. The first-order valence-corrected chi connectivity index (χ1v) is 6.27. The number of benzene rings is 1. The first-order chi connectivity index (χ1) is 8.66. The molecule has 3 rings (SSSR count). The normalized spacial score (nSPS) is 18.9. The van der Waals surface area contributed by atoms with E-state index in [1.165, 1.54) is 5.56 Å². The van der Waals surface area contributed by atoms with Gasteiger partial charge in [0.1, 0.15) is 0 Å². The Labute approximate surface area is 106 Å². The monoisotopic (exact) mass is 243 g/mol. The summed E-state index contributed by atoms with van der Waals surface area (Å²) in [6, 6.07) is 4.26. The van der Waals surface area contributed by atoms with Crippen LogP contribution in [0.25, 0.3) is 16.7 Å². The van der Waals surface area contributed by atoms with Crippen LogP contribution in [0.3, 0.4) is 0 Å². The molecule has 0 aliphatic carbocycles. The molecule has 2 aromatic rings. The molecular weight excluding hydrogens is 226 g/mol. The fraction of sp³-hybridized carbons (Fsp3) is 0.357. The minimum atomic E-state index is 0.253. The van der Waals surface area contributed by atoms with Gasteiger partial charge in [0.15, 0.2) is 5.58 Å². The van der Waals surface area contributed by atoms with Gasteiger partial charge < -0.3 is 15.2 Å².